The molecule has 0 N–H and O–H groups in total. The van der Waals surface area contributed by atoms with E-state index in [1.54, 1.807) is 30.3 Å². The molecule has 2 heterocycles. The summed E-state index contributed by atoms with van der Waals surface area (Å²) in [6.45, 7) is 7.66. The number of furan rings is 1. The SMILES string of the molecule is CCCC(=O)N(CCCN1CCOCC1)CC(=O)N(CCc1ccc(OC)c(OC)c1)Cc1ccco1. The first-order chi connectivity index (χ1) is 18.0. The zero-order valence-electron chi connectivity index (χ0n) is 22.4. The summed E-state index contributed by atoms with van der Waals surface area (Å²) in [5.41, 5.74) is 1.03. The van der Waals surface area contributed by atoms with Crippen LogP contribution in [0.3, 0.4) is 0 Å². The van der Waals surface area contributed by atoms with E-state index in [-0.39, 0.29) is 18.4 Å². The molecule has 0 unspecified atom stereocenters. The van der Waals surface area contributed by atoms with Crippen molar-refractivity contribution < 1.29 is 28.2 Å². The first-order valence-electron chi connectivity index (χ1n) is 13.1. The molecule has 9 heteroatoms. The van der Waals surface area contributed by atoms with E-state index in [4.69, 9.17) is 18.6 Å². The van der Waals surface area contributed by atoms with Crippen LogP contribution in [0.4, 0.5) is 0 Å². The maximum atomic E-state index is 13.5. The molecule has 204 valence electrons. The van der Waals surface area contributed by atoms with E-state index in [0.29, 0.717) is 49.7 Å². The van der Waals surface area contributed by atoms with Gasteiger partial charge in [-0.25, -0.2) is 0 Å². The zero-order chi connectivity index (χ0) is 26.5. The molecule has 1 aliphatic rings. The van der Waals surface area contributed by atoms with E-state index >= 15 is 0 Å². The third kappa shape index (κ3) is 9.09. The fourth-order valence-electron chi connectivity index (χ4n) is 4.42. The average molecular weight is 516 g/mol. The molecule has 1 aromatic carbocycles. The molecule has 1 fully saturated rings. The smallest absolute Gasteiger partial charge is 0.242 e. The fraction of sp³-hybridized carbons (Fsp3) is 0.571. The Kier molecular flexibility index (Phi) is 11.8. The Balaban J connectivity index is 1.65. The van der Waals surface area contributed by atoms with Crippen molar-refractivity contribution in [2.24, 2.45) is 0 Å². The summed E-state index contributed by atoms with van der Waals surface area (Å²) in [5, 5.41) is 0. The van der Waals surface area contributed by atoms with Crippen molar-refractivity contribution in [3.63, 3.8) is 0 Å². The van der Waals surface area contributed by atoms with Crippen molar-refractivity contribution in [1.82, 2.24) is 14.7 Å². The second-order valence-electron chi connectivity index (χ2n) is 9.21. The van der Waals surface area contributed by atoms with E-state index in [2.05, 4.69) is 4.90 Å². The maximum Gasteiger partial charge on any atom is 0.242 e. The third-order valence-corrected chi connectivity index (χ3v) is 6.55. The van der Waals surface area contributed by atoms with Gasteiger partial charge < -0.3 is 28.4 Å². The minimum absolute atomic E-state index is 0.0238. The topological polar surface area (TPSA) is 84.7 Å². The van der Waals surface area contributed by atoms with Gasteiger partial charge in [-0.3, -0.25) is 14.5 Å². The molecule has 2 amide bonds. The molecule has 3 rings (SSSR count). The van der Waals surface area contributed by atoms with Crippen molar-refractivity contribution in [1.29, 1.82) is 0 Å². The number of rotatable bonds is 15. The Hall–Kier alpha value is -3.04. The summed E-state index contributed by atoms with van der Waals surface area (Å²) in [7, 11) is 3.21. The van der Waals surface area contributed by atoms with E-state index in [1.165, 1.54) is 0 Å². The summed E-state index contributed by atoms with van der Waals surface area (Å²) >= 11 is 0. The van der Waals surface area contributed by atoms with E-state index in [9.17, 15) is 9.59 Å². The van der Waals surface area contributed by atoms with Crippen LogP contribution in [0.1, 0.15) is 37.5 Å². The van der Waals surface area contributed by atoms with Gasteiger partial charge in [0.25, 0.3) is 0 Å². The van der Waals surface area contributed by atoms with Gasteiger partial charge in [-0.1, -0.05) is 13.0 Å². The molecule has 1 aromatic heterocycles. The average Bonchev–Trinajstić information content (AvgIpc) is 3.44. The predicted molar refractivity (Wildman–Crippen MR) is 141 cm³/mol. The Morgan fingerprint density at radius 3 is 2.46 bits per heavy atom. The summed E-state index contributed by atoms with van der Waals surface area (Å²) in [6.07, 6.45) is 4.26. The van der Waals surface area contributed by atoms with Gasteiger partial charge in [0.2, 0.25) is 11.8 Å². The van der Waals surface area contributed by atoms with Crippen molar-refractivity contribution in [2.45, 2.75) is 39.2 Å². The number of carbonyl (C=O) groups excluding carboxylic acids is 2. The van der Waals surface area contributed by atoms with Crippen LogP contribution in [-0.2, 0) is 27.3 Å². The number of benzene rings is 1. The Bertz CT molecular complexity index is 959. The van der Waals surface area contributed by atoms with Crippen molar-refractivity contribution >= 4 is 11.8 Å². The number of ether oxygens (including phenoxy) is 3. The first kappa shape index (κ1) is 28.5. The molecule has 0 spiro atoms. The van der Waals surface area contributed by atoms with Gasteiger partial charge in [0.15, 0.2) is 11.5 Å². The molecule has 0 aliphatic carbocycles. The van der Waals surface area contributed by atoms with Crippen LogP contribution in [0, 0.1) is 0 Å². The normalized spacial score (nSPS) is 13.8. The van der Waals surface area contributed by atoms with Crippen LogP contribution in [-0.4, -0.2) is 93.2 Å². The molecule has 0 radical (unpaired) electrons. The summed E-state index contributed by atoms with van der Waals surface area (Å²) < 4.78 is 21.7. The highest BCUT2D eigenvalue weighted by molar-refractivity contribution is 5.84. The highest BCUT2D eigenvalue weighted by atomic mass is 16.5. The fourth-order valence-corrected chi connectivity index (χ4v) is 4.42. The predicted octanol–water partition coefficient (Wildman–Crippen LogP) is 3.22. The number of morpholine rings is 1. The van der Waals surface area contributed by atoms with Gasteiger partial charge in [-0.15, -0.1) is 0 Å². The summed E-state index contributed by atoms with van der Waals surface area (Å²) in [4.78, 5) is 32.2. The second-order valence-corrected chi connectivity index (χ2v) is 9.21. The van der Waals surface area contributed by atoms with Crippen LogP contribution in [0.15, 0.2) is 41.0 Å². The number of carbonyl (C=O) groups is 2. The lowest BCUT2D eigenvalue weighted by molar-refractivity contribution is -0.141. The lowest BCUT2D eigenvalue weighted by atomic mass is 10.1. The van der Waals surface area contributed by atoms with Gasteiger partial charge >= 0.3 is 0 Å². The van der Waals surface area contributed by atoms with Gasteiger partial charge in [0.1, 0.15) is 5.76 Å². The van der Waals surface area contributed by atoms with Crippen molar-refractivity contribution in [3.05, 3.63) is 47.9 Å². The van der Waals surface area contributed by atoms with Crippen LogP contribution in [0.2, 0.25) is 0 Å². The lowest BCUT2D eigenvalue weighted by Crippen LogP contribution is -2.44. The second kappa shape index (κ2) is 15.3. The Labute approximate surface area is 220 Å². The third-order valence-electron chi connectivity index (χ3n) is 6.55. The quantitative estimate of drug-likeness (QED) is 0.360. The standard InChI is InChI=1S/C28H41N3O6/c1-4-7-27(32)30(13-6-12-29-15-18-36-19-16-29)22-28(33)31(21-24-8-5-17-37-24)14-11-23-9-10-25(34-2)26(20-23)35-3/h5,8-10,17,20H,4,6-7,11-16,18-19,21-22H2,1-3H3. The highest BCUT2D eigenvalue weighted by Crippen LogP contribution is 2.27. The number of hydrogen-bond acceptors (Lipinski definition) is 7. The Morgan fingerprint density at radius 2 is 1.78 bits per heavy atom. The number of hydrogen-bond donors (Lipinski definition) is 0. The molecule has 0 atom stereocenters. The van der Waals surface area contributed by atoms with Crippen LogP contribution in [0.25, 0.3) is 0 Å². The molecule has 1 saturated heterocycles. The number of amides is 2. The lowest BCUT2D eigenvalue weighted by Gasteiger charge is -2.30. The number of nitrogens with zero attached hydrogens (tertiary/aromatic N) is 3. The molecule has 0 saturated carbocycles. The van der Waals surface area contributed by atoms with Crippen LogP contribution < -0.4 is 9.47 Å². The minimum atomic E-state index is -0.0901. The van der Waals surface area contributed by atoms with Gasteiger partial charge in [0, 0.05) is 39.1 Å². The molecule has 1 aliphatic heterocycles. The zero-order valence-corrected chi connectivity index (χ0v) is 22.4. The van der Waals surface area contributed by atoms with E-state index < -0.39 is 0 Å². The van der Waals surface area contributed by atoms with Crippen molar-refractivity contribution in [2.75, 3.05) is 66.7 Å². The molecule has 37 heavy (non-hydrogen) atoms. The maximum absolute atomic E-state index is 13.5. The Morgan fingerprint density at radius 1 is 1.00 bits per heavy atom. The monoisotopic (exact) mass is 515 g/mol. The van der Waals surface area contributed by atoms with Crippen LogP contribution in [0.5, 0.6) is 11.5 Å². The van der Waals surface area contributed by atoms with Gasteiger partial charge in [-0.05, 0) is 49.1 Å². The molecular weight excluding hydrogens is 474 g/mol. The molecular formula is C28H41N3O6. The summed E-state index contributed by atoms with van der Waals surface area (Å²) in [6, 6.07) is 9.44. The number of methoxy groups -OCH3 is 2. The van der Waals surface area contributed by atoms with Crippen LogP contribution >= 0.6 is 0 Å². The largest absolute Gasteiger partial charge is 0.493 e. The molecule has 9 nitrogen and oxygen atoms in total. The molecule has 0 bridgehead atoms. The van der Waals surface area contributed by atoms with E-state index in [1.807, 2.05) is 37.3 Å². The van der Waals surface area contributed by atoms with Gasteiger partial charge in [0.05, 0.1) is 46.8 Å². The van der Waals surface area contributed by atoms with Crippen molar-refractivity contribution in [3.8, 4) is 11.5 Å². The highest BCUT2D eigenvalue weighted by Gasteiger charge is 2.22. The molecule has 2 aromatic rings. The summed E-state index contributed by atoms with van der Waals surface area (Å²) in [5.74, 6) is 1.96. The first-order valence-corrected chi connectivity index (χ1v) is 13.1. The van der Waals surface area contributed by atoms with Gasteiger partial charge in [-0.2, -0.15) is 0 Å². The van der Waals surface area contributed by atoms with E-state index in [0.717, 1.165) is 51.3 Å². The minimum Gasteiger partial charge on any atom is -0.493 e.